The van der Waals surface area contributed by atoms with Crippen LogP contribution in [0.3, 0.4) is 0 Å². The highest BCUT2D eigenvalue weighted by atomic mass is 31.2. The number of nitrogens with one attached hydrogen (secondary N) is 1. The van der Waals surface area contributed by atoms with Gasteiger partial charge in [-0.05, 0) is 75.6 Å². The van der Waals surface area contributed by atoms with Gasteiger partial charge < -0.3 is 43.6 Å². The first kappa shape index (κ1) is 52.3. The Balaban J connectivity index is 0.00000111. The quantitative estimate of drug-likeness (QED) is 0.0429. The topological polar surface area (TPSA) is 227 Å². The number of carboxylic acid groups (broad SMARTS) is 1. The lowest BCUT2D eigenvalue weighted by Crippen LogP contribution is -2.59. The number of carboxylic acids is 1. The number of nitrogens with zero attached hydrogens (tertiary/aromatic N) is 3. The second-order valence-corrected chi connectivity index (χ2v) is 17.7. The molecule has 67 heavy (non-hydrogen) atoms. The maximum absolute atomic E-state index is 13.6. The number of hydrogen-bond donors (Lipinski definition) is 3. The SMILES string of the molecule is COc1ccc(C(OC[C@]23O[C@@H](n4cc(C)c(=O)[nH]c4=O)[C@H]([C@@H](N)[C@@H]2OC(C)=O)[C@@H]3OP(OCCC#N)N(C(C)C)C(C)C)(c2ccccc2)c2ccc(OC)cc2)cc1.O=C(O)C(F)(F)F. The molecule has 2 aliphatic rings. The minimum absolute atomic E-state index is 0.0700. The summed E-state index contributed by atoms with van der Waals surface area (Å²) < 4.78 is 80.4. The molecule has 2 bridgehead atoms. The van der Waals surface area contributed by atoms with E-state index < -0.39 is 79.5 Å². The molecule has 1 saturated heterocycles. The van der Waals surface area contributed by atoms with Gasteiger partial charge in [0.2, 0.25) is 0 Å². The second kappa shape index (κ2) is 22.0. The van der Waals surface area contributed by atoms with Crippen LogP contribution in [0.5, 0.6) is 11.5 Å². The van der Waals surface area contributed by atoms with Gasteiger partial charge in [0.25, 0.3) is 14.1 Å². The van der Waals surface area contributed by atoms with E-state index in [2.05, 4.69) is 15.7 Å². The maximum atomic E-state index is 13.6. The van der Waals surface area contributed by atoms with Crippen molar-refractivity contribution in [3.8, 4) is 17.6 Å². The molecular weight excluding hydrogens is 902 g/mol. The highest BCUT2D eigenvalue weighted by molar-refractivity contribution is 7.44. The Morgan fingerprint density at radius 3 is 1.93 bits per heavy atom. The number of nitrogens with two attached hydrogens (primary N) is 1. The summed E-state index contributed by atoms with van der Waals surface area (Å²) in [6.07, 6.45) is -6.84. The maximum Gasteiger partial charge on any atom is 0.490 e. The van der Waals surface area contributed by atoms with Crippen molar-refractivity contribution in [2.75, 3.05) is 27.4 Å². The first-order valence-electron chi connectivity index (χ1n) is 21.1. The van der Waals surface area contributed by atoms with Gasteiger partial charge in [-0.2, -0.15) is 18.4 Å². The zero-order valence-corrected chi connectivity index (χ0v) is 39.1. The Morgan fingerprint density at radius 1 is 0.940 bits per heavy atom. The lowest BCUT2D eigenvalue weighted by molar-refractivity contribution is -0.224. The van der Waals surface area contributed by atoms with Crippen LogP contribution in [0.2, 0.25) is 0 Å². The number of esters is 1. The van der Waals surface area contributed by atoms with E-state index in [-0.39, 0.29) is 37.3 Å². The van der Waals surface area contributed by atoms with E-state index in [1.807, 2.05) is 107 Å². The van der Waals surface area contributed by atoms with Crippen LogP contribution in [-0.2, 0) is 38.4 Å². The minimum Gasteiger partial charge on any atom is -0.497 e. The van der Waals surface area contributed by atoms with E-state index in [1.165, 1.54) is 17.7 Å². The third-order valence-corrected chi connectivity index (χ3v) is 13.4. The van der Waals surface area contributed by atoms with Crippen LogP contribution < -0.4 is 26.5 Å². The van der Waals surface area contributed by atoms with Gasteiger partial charge in [-0.15, -0.1) is 0 Å². The van der Waals surface area contributed by atoms with Gasteiger partial charge >= 0.3 is 23.8 Å². The van der Waals surface area contributed by atoms with E-state index in [0.29, 0.717) is 11.5 Å². The monoisotopic (exact) mass is 957 g/mol. The normalized spacial score (nSPS) is 21.7. The lowest BCUT2D eigenvalue weighted by Gasteiger charge is -2.44. The number of aromatic amines is 1. The molecule has 21 heteroatoms. The number of rotatable bonds is 18. The summed E-state index contributed by atoms with van der Waals surface area (Å²) in [4.78, 5) is 50.6. The molecule has 3 aromatic carbocycles. The van der Waals surface area contributed by atoms with Crippen LogP contribution in [0.1, 0.15) is 69.5 Å². The Morgan fingerprint density at radius 2 is 1.46 bits per heavy atom. The number of ether oxygens (including phenoxy) is 5. The first-order chi connectivity index (χ1) is 31.7. The van der Waals surface area contributed by atoms with Gasteiger partial charge in [-0.25, -0.2) is 14.3 Å². The van der Waals surface area contributed by atoms with Crippen molar-refractivity contribution >= 4 is 20.5 Å². The van der Waals surface area contributed by atoms with Crippen LogP contribution in [-0.4, -0.2) is 101 Å². The predicted octanol–water partition coefficient (Wildman–Crippen LogP) is 6.32. The number of hydrogen-bond acceptors (Lipinski definition) is 14. The average Bonchev–Trinajstić information content (AvgIpc) is 3.70. The Kier molecular flexibility index (Phi) is 17.2. The summed E-state index contributed by atoms with van der Waals surface area (Å²) in [6, 6.07) is 25.7. The van der Waals surface area contributed by atoms with Gasteiger partial charge in [0.15, 0.2) is 11.7 Å². The molecule has 1 unspecified atom stereocenters. The highest BCUT2D eigenvalue weighted by Gasteiger charge is 2.73. The van der Waals surface area contributed by atoms with Gasteiger partial charge in [0.1, 0.15) is 29.4 Å². The van der Waals surface area contributed by atoms with Gasteiger partial charge in [0.05, 0.1) is 51.9 Å². The largest absolute Gasteiger partial charge is 0.497 e. The number of aryl methyl sites for hydroxylation is 1. The van der Waals surface area contributed by atoms with Crippen molar-refractivity contribution in [3.63, 3.8) is 0 Å². The van der Waals surface area contributed by atoms with Crippen LogP contribution >= 0.6 is 8.53 Å². The smallest absolute Gasteiger partial charge is 0.490 e. The summed E-state index contributed by atoms with van der Waals surface area (Å²) in [6.45, 7) is 10.7. The molecule has 0 spiro atoms. The number of benzene rings is 3. The number of carbonyl (C=O) groups excluding carboxylic acids is 1. The molecule has 1 aliphatic carbocycles. The van der Waals surface area contributed by atoms with E-state index in [1.54, 1.807) is 21.1 Å². The molecule has 4 N–H and O–H groups in total. The molecule has 6 rings (SSSR count). The Hall–Kier alpha value is -5.65. The zero-order valence-electron chi connectivity index (χ0n) is 38.2. The summed E-state index contributed by atoms with van der Waals surface area (Å²) in [5.41, 5.74) is 5.33. The molecule has 2 fully saturated rings. The number of H-pyrrole nitrogens is 1. The molecule has 1 saturated carbocycles. The fourth-order valence-corrected chi connectivity index (χ4v) is 10.2. The zero-order chi connectivity index (χ0) is 49.4. The molecule has 0 radical (unpaired) electrons. The lowest BCUT2D eigenvalue weighted by atomic mass is 9.79. The average molecular weight is 958 g/mol. The van der Waals surface area contributed by atoms with Crippen LogP contribution in [0.25, 0.3) is 0 Å². The Labute approximate surface area is 386 Å². The molecule has 4 aromatic rings. The van der Waals surface area contributed by atoms with E-state index in [0.717, 1.165) is 16.7 Å². The molecule has 2 heterocycles. The fourth-order valence-electron chi connectivity index (χ4n) is 8.41. The predicted molar refractivity (Wildman–Crippen MR) is 238 cm³/mol. The number of methoxy groups -OCH3 is 2. The second-order valence-electron chi connectivity index (χ2n) is 16.3. The van der Waals surface area contributed by atoms with Crippen LogP contribution in [0, 0.1) is 24.2 Å². The van der Waals surface area contributed by atoms with Crippen molar-refractivity contribution in [3.05, 3.63) is 128 Å². The van der Waals surface area contributed by atoms with Crippen molar-refractivity contribution in [2.24, 2.45) is 11.7 Å². The van der Waals surface area contributed by atoms with E-state index in [4.69, 9.17) is 48.4 Å². The highest BCUT2D eigenvalue weighted by Crippen LogP contribution is 2.60. The number of nitriles is 1. The van der Waals surface area contributed by atoms with E-state index in [9.17, 15) is 32.8 Å². The molecule has 17 nitrogen and oxygen atoms in total. The van der Waals surface area contributed by atoms with Crippen molar-refractivity contribution < 1.29 is 60.6 Å². The van der Waals surface area contributed by atoms with Crippen molar-refractivity contribution in [1.29, 1.82) is 5.26 Å². The van der Waals surface area contributed by atoms with Crippen molar-refractivity contribution in [1.82, 2.24) is 14.2 Å². The third kappa shape index (κ3) is 11.2. The van der Waals surface area contributed by atoms with Gasteiger partial charge in [0, 0.05) is 30.8 Å². The van der Waals surface area contributed by atoms with Crippen molar-refractivity contribution in [2.45, 2.75) is 102 Å². The van der Waals surface area contributed by atoms with Gasteiger partial charge in [-0.1, -0.05) is 54.6 Å². The summed E-state index contributed by atoms with van der Waals surface area (Å²) in [5.74, 6) is -2.95. The molecule has 0 amide bonds. The standard InChI is InChI=1S/C44H54N5O10P.C2HF3O2/c1-27(2)49(28(3)4)60(56-24-12-23-45)59-38-36-37(46)39(57-30(6)50)43(38,58-41(36)48-25-29(5)40(51)47-42(48)52)26-55-44(31-13-10-9-11-14-31,32-15-19-34(53-7)20-16-32)33-17-21-35(54-8)22-18-33;3-2(4,5)1(6)7/h9-11,13-22,25,27-28,36-39,41H,12,24,26,46H2,1-8H3,(H,47,51,52);(H,6,7)/t36-,37-,38+,39+,41-,43-,60?;/m1./s1. The van der Waals surface area contributed by atoms with Crippen LogP contribution in [0.4, 0.5) is 13.2 Å². The van der Waals surface area contributed by atoms with E-state index >= 15 is 0 Å². The molecule has 362 valence electrons. The molecular formula is C46H55F3N5O12P. The first-order valence-corrected chi connectivity index (χ1v) is 22.3. The number of fused-ring (bicyclic) bond motifs is 2. The summed E-state index contributed by atoms with van der Waals surface area (Å²) >= 11 is 0. The third-order valence-electron chi connectivity index (χ3n) is 11.3. The minimum atomic E-state index is -5.08. The fraction of sp³-hybridized carbons (Fsp3) is 0.457. The number of aliphatic carboxylic acids is 1. The summed E-state index contributed by atoms with van der Waals surface area (Å²) in [5, 5.41) is 16.6. The molecule has 1 aliphatic heterocycles. The van der Waals surface area contributed by atoms with Crippen LogP contribution in [0.15, 0.2) is 94.6 Å². The number of halogens is 3. The van der Waals surface area contributed by atoms with Gasteiger partial charge in [-0.3, -0.25) is 19.1 Å². The number of carbonyl (C=O) groups is 2. The number of aromatic nitrogens is 2. The molecule has 7 atom stereocenters. The number of alkyl halides is 3. The summed E-state index contributed by atoms with van der Waals surface area (Å²) in [7, 11) is 1.24. The molecule has 1 aromatic heterocycles. The Bertz CT molecular complexity index is 2410.